The quantitative estimate of drug-likeness (QED) is 0.348. The Morgan fingerprint density at radius 1 is 1.46 bits per heavy atom. The van der Waals surface area contributed by atoms with Gasteiger partial charge < -0.3 is 10.5 Å². The number of nitrogens with one attached hydrogen (secondary N) is 2. The molecule has 8 heteroatoms. The van der Waals surface area contributed by atoms with Crippen LogP contribution in [0.2, 0.25) is 5.28 Å². The number of hydrogen-bond acceptors (Lipinski definition) is 3. The van der Waals surface area contributed by atoms with Crippen molar-refractivity contribution in [2.75, 3.05) is 0 Å². The van der Waals surface area contributed by atoms with Gasteiger partial charge in [-0.1, -0.05) is 0 Å². The Labute approximate surface area is 99.3 Å². The third kappa shape index (κ3) is 2.29. The summed E-state index contributed by atoms with van der Waals surface area (Å²) in [5.41, 5.74) is 0.366. The Hall–Kier alpha value is -0.400. The smallest absolute Gasteiger partial charge is 0.412 e. The van der Waals surface area contributed by atoms with Crippen LogP contribution in [0, 0.1) is 0 Å². The van der Waals surface area contributed by atoms with Crippen LogP contribution in [-0.2, 0) is 0 Å². The van der Waals surface area contributed by atoms with Crippen molar-refractivity contribution >= 4 is 22.8 Å². The first-order valence-electron chi connectivity index (χ1n) is 2.86. The number of nitrogens with zero attached hydrogens (tertiary/aromatic N) is 2. The normalized spacial score (nSPS) is 9.00. The molecule has 0 saturated heterocycles. The summed E-state index contributed by atoms with van der Waals surface area (Å²) in [6.45, 7) is 0. The van der Waals surface area contributed by atoms with Crippen molar-refractivity contribution < 1.29 is 35.0 Å². The molecule has 0 unspecified atom stereocenters. The van der Waals surface area contributed by atoms with Gasteiger partial charge in [-0.15, -0.1) is 0 Å². The molecular formula is C5H5ClN4NaO2+. The molecule has 64 valence electrons. The second-order valence-electron chi connectivity index (χ2n) is 1.96. The zero-order chi connectivity index (χ0) is 7.84. The van der Waals surface area contributed by atoms with Crippen LogP contribution in [0.15, 0.2) is 11.1 Å². The molecule has 2 aromatic rings. The third-order valence-corrected chi connectivity index (χ3v) is 1.45. The van der Waals surface area contributed by atoms with E-state index in [2.05, 4.69) is 19.9 Å². The van der Waals surface area contributed by atoms with E-state index in [4.69, 9.17) is 11.6 Å². The maximum atomic E-state index is 11.0. The van der Waals surface area contributed by atoms with Gasteiger partial charge in [-0.25, -0.2) is 4.98 Å². The van der Waals surface area contributed by atoms with Gasteiger partial charge in [-0.3, -0.25) is 9.78 Å². The molecular weight excluding hydrogens is 207 g/mol. The van der Waals surface area contributed by atoms with Crippen molar-refractivity contribution in [2.24, 2.45) is 0 Å². The van der Waals surface area contributed by atoms with Gasteiger partial charge in [0.2, 0.25) is 5.28 Å². The van der Waals surface area contributed by atoms with Gasteiger partial charge in [0, 0.05) is 0 Å². The van der Waals surface area contributed by atoms with Crippen LogP contribution in [0.3, 0.4) is 0 Å². The molecule has 6 nitrogen and oxygen atoms in total. The van der Waals surface area contributed by atoms with E-state index < -0.39 is 0 Å². The molecule has 0 atom stereocenters. The molecule has 0 saturated carbocycles. The van der Waals surface area contributed by atoms with Crippen LogP contribution in [0.1, 0.15) is 0 Å². The van der Waals surface area contributed by atoms with Crippen molar-refractivity contribution in [1.29, 1.82) is 0 Å². The number of halogens is 1. The van der Waals surface area contributed by atoms with Gasteiger partial charge in [-0.05, 0) is 11.6 Å². The molecule has 0 amide bonds. The zero-order valence-corrected chi connectivity index (χ0v) is 9.51. The van der Waals surface area contributed by atoms with Crippen molar-refractivity contribution in [1.82, 2.24) is 19.9 Å². The van der Waals surface area contributed by atoms with E-state index in [1.807, 2.05) is 0 Å². The van der Waals surface area contributed by atoms with Crippen LogP contribution < -0.4 is 35.1 Å². The Morgan fingerprint density at radius 3 is 2.85 bits per heavy atom. The van der Waals surface area contributed by atoms with Crippen molar-refractivity contribution in [3.8, 4) is 0 Å². The molecule has 0 aromatic carbocycles. The van der Waals surface area contributed by atoms with Crippen LogP contribution in [0.25, 0.3) is 11.2 Å². The molecule has 0 aliphatic heterocycles. The average molecular weight is 212 g/mol. The number of aromatic amines is 2. The number of hydrogen-bond donors (Lipinski definition) is 2. The summed E-state index contributed by atoms with van der Waals surface area (Å²) in [6.07, 6.45) is 1.39. The fraction of sp³-hybridized carbons (Fsp3) is 0. The maximum absolute atomic E-state index is 11.0. The van der Waals surface area contributed by atoms with Crippen LogP contribution in [0.5, 0.6) is 0 Å². The van der Waals surface area contributed by atoms with E-state index in [9.17, 15) is 4.79 Å². The summed E-state index contributed by atoms with van der Waals surface area (Å²) < 4.78 is 0. The largest absolute Gasteiger partial charge is 1.00 e. The summed E-state index contributed by atoms with van der Waals surface area (Å²) >= 11 is 5.46. The second kappa shape index (κ2) is 4.73. The molecule has 0 bridgehead atoms. The first kappa shape index (κ1) is 12.6. The fourth-order valence-corrected chi connectivity index (χ4v) is 0.982. The number of imidazole rings is 1. The molecule has 4 N–H and O–H groups in total. The number of rotatable bonds is 0. The van der Waals surface area contributed by atoms with Crippen molar-refractivity contribution in [3.63, 3.8) is 0 Å². The Kier molecular flexibility index (Phi) is 4.58. The monoisotopic (exact) mass is 211 g/mol. The van der Waals surface area contributed by atoms with E-state index in [1.54, 1.807) is 0 Å². The van der Waals surface area contributed by atoms with Gasteiger partial charge in [0.05, 0.1) is 6.33 Å². The Bertz CT molecular complexity index is 453. The first-order chi connectivity index (χ1) is 5.27. The molecule has 0 aliphatic rings. The standard InChI is InChI=1S/C5H3ClN4O.Na.H2O/c6-5-9-3-2(4(11)10-5)7-1-8-3;;/h1H,(H2,7,8,9,10,11);;1H2/q;+1;. The summed E-state index contributed by atoms with van der Waals surface area (Å²) in [6, 6.07) is 0. The maximum Gasteiger partial charge on any atom is 1.00 e. The van der Waals surface area contributed by atoms with Gasteiger partial charge in [-0.2, -0.15) is 4.98 Å². The summed E-state index contributed by atoms with van der Waals surface area (Å²) in [7, 11) is 0. The first-order valence-corrected chi connectivity index (χ1v) is 3.24. The van der Waals surface area contributed by atoms with E-state index in [1.165, 1.54) is 6.33 Å². The second-order valence-corrected chi connectivity index (χ2v) is 2.32. The zero-order valence-electron chi connectivity index (χ0n) is 6.76. The summed E-state index contributed by atoms with van der Waals surface area (Å²) in [5, 5.41) is 0.0506. The minimum atomic E-state index is -0.308. The number of fused-ring (bicyclic) bond motifs is 1. The van der Waals surface area contributed by atoms with E-state index >= 15 is 0 Å². The Balaban J connectivity index is 0.000000720. The van der Waals surface area contributed by atoms with Gasteiger partial charge in [0.15, 0.2) is 11.2 Å². The van der Waals surface area contributed by atoms with Crippen molar-refractivity contribution in [2.45, 2.75) is 0 Å². The molecule has 2 rings (SSSR count). The topological polar surface area (TPSA) is 106 Å². The molecule has 0 fully saturated rings. The van der Waals surface area contributed by atoms with Crippen LogP contribution >= 0.6 is 11.6 Å². The van der Waals surface area contributed by atoms with Gasteiger partial charge in [0.1, 0.15) is 0 Å². The number of aromatic nitrogens is 4. The van der Waals surface area contributed by atoms with Crippen LogP contribution in [-0.4, -0.2) is 25.4 Å². The molecule has 0 spiro atoms. The number of H-pyrrole nitrogens is 2. The van der Waals surface area contributed by atoms with Gasteiger partial charge >= 0.3 is 29.6 Å². The minimum Gasteiger partial charge on any atom is -0.412 e. The minimum absolute atomic E-state index is 0. The molecule has 0 aliphatic carbocycles. The van der Waals surface area contributed by atoms with E-state index in [-0.39, 0.29) is 45.9 Å². The summed E-state index contributed by atoms with van der Waals surface area (Å²) in [5.74, 6) is 0. The predicted molar refractivity (Wildman–Crippen MR) is 43.1 cm³/mol. The molecule has 2 aromatic heterocycles. The molecule has 0 radical (unpaired) electrons. The van der Waals surface area contributed by atoms with Gasteiger partial charge in [0.25, 0.3) is 5.56 Å². The summed E-state index contributed by atoms with van der Waals surface area (Å²) in [4.78, 5) is 23.5. The Morgan fingerprint density at radius 2 is 2.15 bits per heavy atom. The van der Waals surface area contributed by atoms with E-state index in [0.717, 1.165) is 0 Å². The third-order valence-electron chi connectivity index (χ3n) is 1.27. The fourth-order valence-electron chi connectivity index (χ4n) is 0.816. The predicted octanol–water partition coefficient (Wildman–Crippen LogP) is -3.52. The average Bonchev–Trinajstić information content (AvgIpc) is 2.34. The van der Waals surface area contributed by atoms with Crippen molar-refractivity contribution in [3.05, 3.63) is 22.0 Å². The molecule has 2 heterocycles. The SMILES string of the molecule is O.O=c1[nH]c(Cl)nc2nc[nH]c12.[Na+]. The van der Waals surface area contributed by atoms with Crippen LogP contribution in [0.4, 0.5) is 0 Å². The van der Waals surface area contributed by atoms with E-state index in [0.29, 0.717) is 11.2 Å². The molecule has 13 heavy (non-hydrogen) atoms.